The van der Waals surface area contributed by atoms with E-state index in [1.54, 1.807) is 16.1 Å². The molecule has 0 bridgehead atoms. The molecule has 2 heterocycles. The highest BCUT2D eigenvalue weighted by atomic mass is 35.5. The van der Waals surface area contributed by atoms with E-state index in [0.29, 0.717) is 45.8 Å². The molecule has 0 aliphatic carbocycles. The first-order chi connectivity index (χ1) is 10.4. The van der Waals surface area contributed by atoms with Crippen molar-refractivity contribution in [2.45, 2.75) is 6.92 Å². The average molecular weight is 370 g/mol. The van der Waals surface area contributed by atoms with Gasteiger partial charge in [-0.05, 0) is 7.05 Å². The molecule has 2 fully saturated rings. The fourth-order valence-electron chi connectivity index (χ4n) is 2.73. The molecule has 2 rings (SSSR count). The van der Waals surface area contributed by atoms with Crippen LogP contribution in [0.4, 0.5) is 0 Å². The number of halogens is 1. The minimum absolute atomic E-state index is 0. The van der Waals surface area contributed by atoms with E-state index in [9.17, 15) is 13.2 Å². The maximum atomic E-state index is 12.6. The Bertz CT molecular complexity index is 488. The summed E-state index contributed by atoms with van der Waals surface area (Å²) in [5.74, 6) is -0.195. The van der Waals surface area contributed by atoms with Crippen LogP contribution in [0.15, 0.2) is 0 Å². The summed E-state index contributed by atoms with van der Waals surface area (Å²) in [5.41, 5.74) is 5.52. The molecule has 8 nitrogen and oxygen atoms in total. The van der Waals surface area contributed by atoms with Crippen LogP contribution in [0, 0.1) is 5.92 Å². The van der Waals surface area contributed by atoms with E-state index in [-0.39, 0.29) is 24.2 Å². The van der Waals surface area contributed by atoms with E-state index < -0.39 is 10.2 Å². The van der Waals surface area contributed by atoms with Crippen LogP contribution in [0.1, 0.15) is 6.92 Å². The SMILES string of the molecule is CC(CN)C(=O)N1CCN(S(=O)(=O)N2CCN(C)CC2)CC1.Cl. The molecule has 0 radical (unpaired) electrons. The molecule has 2 N–H and O–H groups in total. The lowest BCUT2D eigenvalue weighted by atomic mass is 10.1. The number of likely N-dealkylation sites (N-methyl/N-ethyl adjacent to an activating group) is 1. The molecule has 2 aliphatic heterocycles. The number of rotatable bonds is 4. The Morgan fingerprint density at radius 2 is 1.43 bits per heavy atom. The number of carbonyl (C=O) groups excluding carboxylic acids is 1. The van der Waals surface area contributed by atoms with Crippen LogP contribution < -0.4 is 5.73 Å². The van der Waals surface area contributed by atoms with Crippen molar-refractivity contribution in [2.75, 3.05) is 66.0 Å². The molecule has 0 aromatic rings. The Morgan fingerprint density at radius 1 is 1.00 bits per heavy atom. The number of carbonyl (C=O) groups is 1. The Balaban J connectivity index is 0.00000264. The quantitative estimate of drug-likeness (QED) is 0.661. The number of hydrogen-bond acceptors (Lipinski definition) is 5. The van der Waals surface area contributed by atoms with Gasteiger partial charge in [-0.3, -0.25) is 4.79 Å². The first-order valence-electron chi connectivity index (χ1n) is 7.79. The van der Waals surface area contributed by atoms with Crippen LogP contribution in [0.25, 0.3) is 0 Å². The fraction of sp³-hybridized carbons (Fsp3) is 0.923. The van der Waals surface area contributed by atoms with Gasteiger partial charge in [0.1, 0.15) is 0 Å². The van der Waals surface area contributed by atoms with Crippen molar-refractivity contribution >= 4 is 28.5 Å². The van der Waals surface area contributed by atoms with Gasteiger partial charge >= 0.3 is 0 Å². The van der Waals surface area contributed by atoms with Crippen LogP contribution in [0.2, 0.25) is 0 Å². The Morgan fingerprint density at radius 3 is 1.87 bits per heavy atom. The third-order valence-corrected chi connectivity index (χ3v) is 6.48. The number of hydrogen-bond donors (Lipinski definition) is 1. The average Bonchev–Trinajstić information content (AvgIpc) is 2.54. The van der Waals surface area contributed by atoms with Crippen molar-refractivity contribution in [1.82, 2.24) is 18.4 Å². The van der Waals surface area contributed by atoms with Gasteiger partial charge in [-0.1, -0.05) is 6.92 Å². The summed E-state index contributed by atoms with van der Waals surface area (Å²) in [6.07, 6.45) is 0. The first-order valence-corrected chi connectivity index (χ1v) is 9.18. The summed E-state index contributed by atoms with van der Waals surface area (Å²) in [6, 6.07) is 0. The molecule has 0 saturated carbocycles. The molecule has 23 heavy (non-hydrogen) atoms. The summed E-state index contributed by atoms with van der Waals surface area (Å²) in [7, 11) is -1.41. The molecular weight excluding hydrogens is 342 g/mol. The number of amides is 1. The zero-order valence-corrected chi connectivity index (χ0v) is 15.5. The first kappa shape index (κ1) is 20.6. The number of nitrogens with zero attached hydrogens (tertiary/aromatic N) is 4. The molecule has 2 saturated heterocycles. The summed E-state index contributed by atoms with van der Waals surface area (Å²) in [4.78, 5) is 15.9. The van der Waals surface area contributed by atoms with Gasteiger partial charge in [-0.15, -0.1) is 12.4 Å². The summed E-state index contributed by atoms with van der Waals surface area (Å²) in [6.45, 7) is 6.29. The second-order valence-corrected chi connectivity index (χ2v) is 8.00. The topological polar surface area (TPSA) is 90.2 Å². The highest BCUT2D eigenvalue weighted by Crippen LogP contribution is 2.15. The number of nitrogens with two attached hydrogens (primary N) is 1. The monoisotopic (exact) mass is 369 g/mol. The molecular formula is C13H28ClN5O3S. The van der Waals surface area contributed by atoms with Gasteiger partial charge < -0.3 is 15.5 Å². The number of piperazine rings is 2. The van der Waals surface area contributed by atoms with Crippen molar-refractivity contribution in [3.05, 3.63) is 0 Å². The van der Waals surface area contributed by atoms with Gasteiger partial charge in [0.05, 0.1) is 0 Å². The highest BCUT2D eigenvalue weighted by molar-refractivity contribution is 7.86. The molecule has 2 aliphatic rings. The van der Waals surface area contributed by atoms with E-state index in [1.807, 2.05) is 7.05 Å². The van der Waals surface area contributed by atoms with Crippen molar-refractivity contribution in [1.29, 1.82) is 0 Å². The van der Waals surface area contributed by atoms with E-state index >= 15 is 0 Å². The molecule has 136 valence electrons. The van der Waals surface area contributed by atoms with Gasteiger partial charge in [0.2, 0.25) is 5.91 Å². The molecule has 0 spiro atoms. The standard InChI is InChI=1S/C13H27N5O3S.ClH/c1-12(11-14)13(19)16-5-9-18(10-6-16)22(20,21)17-7-3-15(2)4-8-17;/h12H,3-11,14H2,1-2H3;1H. The van der Waals surface area contributed by atoms with Crippen LogP contribution in [0.3, 0.4) is 0 Å². The molecule has 0 aromatic carbocycles. The van der Waals surface area contributed by atoms with Crippen LogP contribution in [-0.4, -0.2) is 98.7 Å². The van der Waals surface area contributed by atoms with E-state index in [2.05, 4.69) is 4.90 Å². The predicted molar refractivity (Wildman–Crippen MR) is 91.6 cm³/mol. The zero-order chi connectivity index (χ0) is 16.3. The lowest BCUT2D eigenvalue weighted by Crippen LogP contribution is -2.57. The normalized spacial score (nSPS) is 23.3. The van der Waals surface area contributed by atoms with E-state index in [1.165, 1.54) is 4.31 Å². The van der Waals surface area contributed by atoms with Gasteiger partial charge in [-0.25, -0.2) is 0 Å². The van der Waals surface area contributed by atoms with Crippen LogP contribution >= 0.6 is 12.4 Å². The molecule has 1 unspecified atom stereocenters. The summed E-state index contributed by atoms with van der Waals surface area (Å²) >= 11 is 0. The zero-order valence-electron chi connectivity index (χ0n) is 13.8. The minimum Gasteiger partial charge on any atom is -0.340 e. The van der Waals surface area contributed by atoms with Crippen molar-refractivity contribution in [3.8, 4) is 0 Å². The molecule has 1 amide bonds. The molecule has 0 aromatic heterocycles. The van der Waals surface area contributed by atoms with Crippen LogP contribution in [0.5, 0.6) is 0 Å². The Hall–Kier alpha value is -0.450. The van der Waals surface area contributed by atoms with Crippen LogP contribution in [-0.2, 0) is 15.0 Å². The second-order valence-electron chi connectivity index (χ2n) is 6.07. The maximum absolute atomic E-state index is 12.6. The largest absolute Gasteiger partial charge is 0.340 e. The minimum atomic E-state index is -3.41. The van der Waals surface area contributed by atoms with Crippen molar-refractivity contribution in [3.63, 3.8) is 0 Å². The van der Waals surface area contributed by atoms with Crippen molar-refractivity contribution < 1.29 is 13.2 Å². The smallest absolute Gasteiger partial charge is 0.282 e. The lowest BCUT2D eigenvalue weighted by molar-refractivity contribution is -0.135. The third-order valence-electron chi connectivity index (χ3n) is 4.44. The molecule has 10 heteroatoms. The second kappa shape index (κ2) is 8.59. The van der Waals surface area contributed by atoms with Gasteiger partial charge in [0.25, 0.3) is 10.2 Å². The lowest BCUT2D eigenvalue weighted by Gasteiger charge is -2.39. The molecule has 1 atom stereocenters. The van der Waals surface area contributed by atoms with Crippen molar-refractivity contribution in [2.24, 2.45) is 11.7 Å². The van der Waals surface area contributed by atoms with Gasteiger partial charge in [0, 0.05) is 64.8 Å². The maximum Gasteiger partial charge on any atom is 0.282 e. The Kier molecular flexibility index (Phi) is 7.69. The van der Waals surface area contributed by atoms with E-state index in [4.69, 9.17) is 5.73 Å². The Labute approximate surface area is 145 Å². The van der Waals surface area contributed by atoms with Gasteiger partial charge in [-0.2, -0.15) is 17.0 Å². The highest BCUT2D eigenvalue weighted by Gasteiger charge is 2.35. The third kappa shape index (κ3) is 4.77. The predicted octanol–water partition coefficient (Wildman–Crippen LogP) is -1.36. The summed E-state index contributed by atoms with van der Waals surface area (Å²) in [5, 5.41) is 0. The fourth-order valence-corrected chi connectivity index (χ4v) is 4.31. The van der Waals surface area contributed by atoms with E-state index in [0.717, 1.165) is 13.1 Å². The van der Waals surface area contributed by atoms with Gasteiger partial charge in [0.15, 0.2) is 0 Å². The summed E-state index contributed by atoms with van der Waals surface area (Å²) < 4.78 is 28.3.